The smallest absolute Gasteiger partial charge is 0.196 e. The van der Waals surface area contributed by atoms with E-state index in [1.54, 1.807) is 0 Å². The molecule has 0 N–H and O–H groups in total. The van der Waals surface area contributed by atoms with Gasteiger partial charge < -0.3 is 0 Å². The summed E-state index contributed by atoms with van der Waals surface area (Å²) in [6.45, 7) is 14.8. The van der Waals surface area contributed by atoms with Crippen molar-refractivity contribution in [3.8, 4) is 17.1 Å². The standard InChI is InChI=1S/C30H33N3OS/c1-19-10-8-9-11-26(19)33-28(23-12-14-24(15-13-23)30(5,6)7)31-32-29(33)35-18-27(34)25-17-21(3)20(2)16-22(25)4/h8-17H,18H2,1-7H3. The topological polar surface area (TPSA) is 47.8 Å². The molecule has 0 atom stereocenters. The summed E-state index contributed by atoms with van der Waals surface area (Å²) in [4.78, 5) is 13.1. The summed E-state index contributed by atoms with van der Waals surface area (Å²) in [5, 5.41) is 9.81. The highest BCUT2D eigenvalue weighted by Gasteiger charge is 2.20. The van der Waals surface area contributed by atoms with Crippen LogP contribution in [0.1, 0.15) is 58.9 Å². The molecule has 0 saturated heterocycles. The minimum Gasteiger partial charge on any atom is -0.293 e. The number of thioether (sulfide) groups is 1. The number of hydrogen-bond donors (Lipinski definition) is 0. The van der Waals surface area contributed by atoms with Gasteiger partial charge in [-0.2, -0.15) is 0 Å². The zero-order chi connectivity index (χ0) is 25.3. The monoisotopic (exact) mass is 483 g/mol. The van der Waals surface area contributed by atoms with Gasteiger partial charge in [-0.05, 0) is 73.1 Å². The zero-order valence-electron chi connectivity index (χ0n) is 21.6. The number of rotatable bonds is 6. The van der Waals surface area contributed by atoms with E-state index in [1.165, 1.54) is 22.9 Å². The summed E-state index contributed by atoms with van der Waals surface area (Å²) in [7, 11) is 0. The lowest BCUT2D eigenvalue weighted by Crippen LogP contribution is -2.10. The largest absolute Gasteiger partial charge is 0.293 e. The van der Waals surface area contributed by atoms with Crippen molar-refractivity contribution >= 4 is 17.5 Å². The number of nitrogens with zero attached hydrogens (tertiary/aromatic N) is 3. The SMILES string of the molecule is Cc1cc(C)c(C(=O)CSc2nnc(-c3ccc(C(C)(C)C)cc3)n2-c2ccccc2C)cc1C. The van der Waals surface area contributed by atoms with Crippen LogP contribution in [0.15, 0.2) is 65.8 Å². The summed E-state index contributed by atoms with van der Waals surface area (Å²) in [5.74, 6) is 1.18. The Morgan fingerprint density at radius 3 is 2.14 bits per heavy atom. The molecule has 0 aliphatic rings. The molecule has 0 bridgehead atoms. The number of carbonyl (C=O) groups excluding carboxylic acids is 1. The third-order valence-corrected chi connectivity index (χ3v) is 7.40. The summed E-state index contributed by atoms with van der Waals surface area (Å²) in [6.07, 6.45) is 0. The van der Waals surface area contributed by atoms with Gasteiger partial charge in [-0.1, -0.05) is 81.1 Å². The van der Waals surface area contributed by atoms with E-state index in [9.17, 15) is 4.79 Å². The van der Waals surface area contributed by atoms with E-state index in [-0.39, 0.29) is 11.2 Å². The molecule has 5 heteroatoms. The maximum atomic E-state index is 13.1. The highest BCUT2D eigenvalue weighted by atomic mass is 32.2. The van der Waals surface area contributed by atoms with Gasteiger partial charge in [0.15, 0.2) is 16.8 Å². The summed E-state index contributed by atoms with van der Waals surface area (Å²) < 4.78 is 2.08. The van der Waals surface area contributed by atoms with Gasteiger partial charge >= 0.3 is 0 Å². The number of Topliss-reactive ketones (excluding diaryl/α,β-unsaturated/α-hetero) is 1. The van der Waals surface area contributed by atoms with Gasteiger partial charge in [0.25, 0.3) is 0 Å². The quantitative estimate of drug-likeness (QED) is 0.211. The van der Waals surface area contributed by atoms with Gasteiger partial charge in [0.2, 0.25) is 0 Å². The van der Waals surface area contributed by atoms with Crippen LogP contribution < -0.4 is 0 Å². The summed E-state index contributed by atoms with van der Waals surface area (Å²) in [6, 6.07) is 20.8. The van der Waals surface area contributed by atoms with Crippen LogP contribution in [0.3, 0.4) is 0 Å². The van der Waals surface area contributed by atoms with Gasteiger partial charge in [-0.25, -0.2) is 0 Å². The Hall–Kier alpha value is -3.18. The average molecular weight is 484 g/mol. The number of aryl methyl sites for hydroxylation is 4. The van der Waals surface area contributed by atoms with Crippen molar-refractivity contribution in [3.05, 3.63) is 94.0 Å². The molecule has 3 aromatic carbocycles. The highest BCUT2D eigenvalue weighted by Crippen LogP contribution is 2.31. The molecule has 35 heavy (non-hydrogen) atoms. The maximum absolute atomic E-state index is 13.1. The summed E-state index contributed by atoms with van der Waals surface area (Å²) in [5.41, 5.74) is 8.61. The van der Waals surface area contributed by atoms with Crippen molar-refractivity contribution in [2.75, 3.05) is 5.75 Å². The van der Waals surface area contributed by atoms with Gasteiger partial charge in [0.1, 0.15) is 0 Å². The van der Waals surface area contributed by atoms with Gasteiger partial charge in [-0.3, -0.25) is 9.36 Å². The predicted octanol–water partition coefficient (Wildman–Crippen LogP) is 7.44. The first kappa shape index (κ1) is 24.9. The molecule has 180 valence electrons. The van der Waals surface area contributed by atoms with Crippen molar-refractivity contribution in [3.63, 3.8) is 0 Å². The Bertz CT molecular complexity index is 1380. The van der Waals surface area contributed by atoms with Crippen LogP contribution >= 0.6 is 11.8 Å². The number of aromatic nitrogens is 3. The Kier molecular flexibility index (Phi) is 7.00. The molecule has 0 saturated carbocycles. The number of benzene rings is 3. The number of hydrogen-bond acceptors (Lipinski definition) is 4. The van der Waals surface area contributed by atoms with Gasteiger partial charge in [0.05, 0.1) is 11.4 Å². The minimum atomic E-state index is 0.0794. The average Bonchev–Trinajstić information content (AvgIpc) is 3.23. The molecular formula is C30H33N3OS. The fraction of sp³-hybridized carbons (Fsp3) is 0.300. The molecule has 1 aromatic heterocycles. The van der Waals surface area contributed by atoms with E-state index in [1.807, 2.05) is 32.0 Å². The third kappa shape index (κ3) is 5.25. The highest BCUT2D eigenvalue weighted by molar-refractivity contribution is 7.99. The first-order chi connectivity index (χ1) is 16.6. The van der Waals surface area contributed by atoms with Crippen molar-refractivity contribution in [1.82, 2.24) is 14.8 Å². The van der Waals surface area contributed by atoms with Crippen LogP contribution in [-0.2, 0) is 5.41 Å². The molecule has 1 heterocycles. The third-order valence-electron chi connectivity index (χ3n) is 6.47. The molecule has 0 fully saturated rings. The van der Waals surface area contributed by atoms with Gasteiger partial charge in [-0.15, -0.1) is 10.2 Å². The Labute approximate surface area is 212 Å². The number of ketones is 1. The summed E-state index contributed by atoms with van der Waals surface area (Å²) >= 11 is 1.44. The second-order valence-electron chi connectivity index (χ2n) is 10.2. The van der Waals surface area contributed by atoms with Crippen LogP contribution in [0.2, 0.25) is 0 Å². The van der Waals surface area contributed by atoms with Crippen molar-refractivity contribution in [2.24, 2.45) is 0 Å². The van der Waals surface area contributed by atoms with Crippen LogP contribution in [0.25, 0.3) is 17.1 Å². The van der Waals surface area contributed by atoms with Crippen molar-refractivity contribution in [1.29, 1.82) is 0 Å². The molecule has 0 aliphatic heterocycles. The normalized spacial score (nSPS) is 11.6. The lowest BCUT2D eigenvalue weighted by molar-refractivity contribution is 0.102. The van der Waals surface area contributed by atoms with Crippen LogP contribution in [-0.4, -0.2) is 26.3 Å². The van der Waals surface area contributed by atoms with E-state index in [4.69, 9.17) is 0 Å². The Morgan fingerprint density at radius 2 is 1.49 bits per heavy atom. The second-order valence-corrected chi connectivity index (χ2v) is 11.2. The lowest BCUT2D eigenvalue weighted by Gasteiger charge is -2.19. The fourth-order valence-electron chi connectivity index (χ4n) is 4.17. The predicted molar refractivity (Wildman–Crippen MR) is 146 cm³/mol. The first-order valence-electron chi connectivity index (χ1n) is 11.9. The van der Waals surface area contributed by atoms with E-state index >= 15 is 0 Å². The molecule has 0 aliphatic carbocycles. The second kappa shape index (κ2) is 9.82. The van der Waals surface area contributed by atoms with Crippen molar-refractivity contribution in [2.45, 2.75) is 59.0 Å². The molecule has 0 unspecified atom stereocenters. The van der Waals surface area contributed by atoms with Gasteiger partial charge in [0, 0.05) is 11.1 Å². The number of carbonyl (C=O) groups is 1. The molecule has 0 amide bonds. The van der Waals surface area contributed by atoms with E-state index in [0.717, 1.165) is 39.3 Å². The van der Waals surface area contributed by atoms with Crippen molar-refractivity contribution < 1.29 is 4.79 Å². The maximum Gasteiger partial charge on any atom is 0.196 e. The first-order valence-corrected chi connectivity index (χ1v) is 12.9. The Balaban J connectivity index is 1.70. The van der Waals surface area contributed by atoms with E-state index in [2.05, 4.69) is 91.8 Å². The van der Waals surface area contributed by atoms with Crippen LogP contribution in [0, 0.1) is 27.7 Å². The van der Waals surface area contributed by atoms with Crippen LogP contribution in [0.4, 0.5) is 0 Å². The van der Waals surface area contributed by atoms with E-state index < -0.39 is 0 Å². The number of para-hydroxylation sites is 1. The molecule has 4 rings (SSSR count). The molecule has 4 aromatic rings. The molecular weight excluding hydrogens is 450 g/mol. The molecule has 4 nitrogen and oxygen atoms in total. The molecule has 0 radical (unpaired) electrons. The minimum absolute atomic E-state index is 0.0794. The van der Waals surface area contributed by atoms with Crippen LogP contribution in [0.5, 0.6) is 0 Å². The molecule has 0 spiro atoms. The Morgan fingerprint density at radius 1 is 0.829 bits per heavy atom. The lowest BCUT2D eigenvalue weighted by atomic mass is 9.87. The van der Waals surface area contributed by atoms with E-state index in [0.29, 0.717) is 10.9 Å². The fourth-order valence-corrected chi connectivity index (χ4v) is 5.00. The zero-order valence-corrected chi connectivity index (χ0v) is 22.5.